The van der Waals surface area contributed by atoms with Crippen molar-refractivity contribution in [2.24, 2.45) is 5.92 Å². The van der Waals surface area contributed by atoms with Gasteiger partial charge in [-0.05, 0) is 56.7 Å². The minimum absolute atomic E-state index is 0.170. The van der Waals surface area contributed by atoms with Crippen LogP contribution in [0.25, 0.3) is 0 Å². The van der Waals surface area contributed by atoms with Crippen LogP contribution >= 0.6 is 22.9 Å². The summed E-state index contributed by atoms with van der Waals surface area (Å²) in [4.78, 5) is 3.38. The van der Waals surface area contributed by atoms with E-state index in [1.807, 2.05) is 0 Å². The van der Waals surface area contributed by atoms with Gasteiger partial charge in [-0.25, -0.2) is 17.8 Å². The van der Waals surface area contributed by atoms with Crippen molar-refractivity contribution < 1.29 is 12.8 Å². The van der Waals surface area contributed by atoms with Gasteiger partial charge in [-0.3, -0.25) is 4.72 Å². The molecule has 0 bridgehead atoms. The van der Waals surface area contributed by atoms with Crippen LogP contribution in [0.1, 0.15) is 38.5 Å². The molecule has 4 N–H and O–H groups in total. The largest absolute Gasteiger partial charge is 0.383 e. The molecule has 1 aliphatic carbocycles. The van der Waals surface area contributed by atoms with Crippen molar-refractivity contribution in [2.45, 2.75) is 55.5 Å². The Morgan fingerprint density at radius 1 is 1.22 bits per heavy atom. The average Bonchev–Trinajstić information content (AvgIpc) is 3.47. The van der Waals surface area contributed by atoms with Crippen LogP contribution in [0.2, 0.25) is 5.02 Å². The molecule has 2 fully saturated rings. The monoisotopic (exact) mass is 501 g/mol. The molecule has 32 heavy (non-hydrogen) atoms. The molecule has 0 radical (unpaired) electrons. The van der Waals surface area contributed by atoms with Crippen LogP contribution in [0.4, 0.5) is 15.2 Å². The van der Waals surface area contributed by atoms with Gasteiger partial charge in [0.05, 0.1) is 10.7 Å². The Kier molecular flexibility index (Phi) is 7.88. The molecule has 176 valence electrons. The molecule has 1 saturated carbocycles. The van der Waals surface area contributed by atoms with Crippen LogP contribution < -0.4 is 20.7 Å². The van der Waals surface area contributed by atoms with E-state index >= 15 is 0 Å². The van der Waals surface area contributed by atoms with Crippen molar-refractivity contribution >= 4 is 43.8 Å². The van der Waals surface area contributed by atoms with E-state index in [0.717, 1.165) is 55.8 Å². The van der Waals surface area contributed by atoms with Crippen molar-refractivity contribution in [2.75, 3.05) is 29.7 Å². The number of nitrogens with one attached hydrogen (secondary N) is 4. The fourth-order valence-electron chi connectivity index (χ4n) is 4.47. The van der Waals surface area contributed by atoms with Gasteiger partial charge in [-0.15, -0.1) is 11.3 Å². The molecular formula is C21H29ClFN5O2S2. The zero-order chi connectivity index (χ0) is 22.6. The highest BCUT2D eigenvalue weighted by Gasteiger charge is 2.25. The molecule has 3 atom stereocenters. The Labute approximate surface area is 197 Å². The van der Waals surface area contributed by atoms with Gasteiger partial charge in [-0.2, -0.15) is 0 Å². The van der Waals surface area contributed by atoms with E-state index in [4.69, 9.17) is 11.6 Å². The first kappa shape index (κ1) is 23.7. The van der Waals surface area contributed by atoms with E-state index in [1.54, 1.807) is 5.38 Å². The summed E-state index contributed by atoms with van der Waals surface area (Å²) in [6.07, 6.45) is 8.46. The maximum absolute atomic E-state index is 14.7. The van der Waals surface area contributed by atoms with Gasteiger partial charge in [0.25, 0.3) is 10.0 Å². The van der Waals surface area contributed by atoms with Crippen molar-refractivity contribution in [3.05, 3.63) is 34.5 Å². The van der Waals surface area contributed by atoms with E-state index < -0.39 is 20.7 Å². The predicted octanol–water partition coefficient (Wildman–Crippen LogP) is 4.05. The van der Waals surface area contributed by atoms with Crippen molar-refractivity contribution in [3.63, 3.8) is 0 Å². The quantitative estimate of drug-likeness (QED) is 0.414. The first-order valence-corrected chi connectivity index (χ1v) is 13.8. The highest BCUT2D eigenvalue weighted by atomic mass is 35.5. The fraction of sp³-hybridized carbons (Fsp3) is 0.571. The Balaban J connectivity index is 1.33. The highest BCUT2D eigenvalue weighted by Crippen LogP contribution is 2.31. The van der Waals surface area contributed by atoms with Gasteiger partial charge in [0.15, 0.2) is 5.13 Å². The molecule has 2 aliphatic rings. The normalized spacial score (nSPS) is 23.9. The number of hydrogen-bond acceptors (Lipinski definition) is 7. The first-order chi connectivity index (χ1) is 15.4. The van der Waals surface area contributed by atoms with E-state index in [1.165, 1.54) is 25.5 Å². The van der Waals surface area contributed by atoms with E-state index in [2.05, 4.69) is 25.7 Å². The van der Waals surface area contributed by atoms with Gasteiger partial charge in [0.2, 0.25) is 0 Å². The van der Waals surface area contributed by atoms with Gasteiger partial charge < -0.3 is 16.0 Å². The molecule has 0 amide bonds. The Hall–Kier alpha value is -1.46. The molecule has 1 saturated heterocycles. The average molecular weight is 502 g/mol. The number of hydrogen-bond donors (Lipinski definition) is 4. The summed E-state index contributed by atoms with van der Waals surface area (Å²) < 4.78 is 42.0. The zero-order valence-electron chi connectivity index (χ0n) is 17.7. The summed E-state index contributed by atoms with van der Waals surface area (Å²) in [6, 6.07) is 3.38. The highest BCUT2D eigenvalue weighted by molar-refractivity contribution is 7.93. The van der Waals surface area contributed by atoms with Crippen LogP contribution in [0.5, 0.6) is 0 Å². The Morgan fingerprint density at radius 3 is 2.84 bits per heavy atom. The second-order valence-corrected chi connectivity index (χ2v) is 11.5. The van der Waals surface area contributed by atoms with E-state index in [-0.39, 0.29) is 10.2 Å². The topological polar surface area (TPSA) is 95.2 Å². The number of anilines is 2. The Bertz CT molecular complexity index is 1000. The van der Waals surface area contributed by atoms with Gasteiger partial charge in [0.1, 0.15) is 10.7 Å². The predicted molar refractivity (Wildman–Crippen MR) is 128 cm³/mol. The molecule has 1 aliphatic heterocycles. The summed E-state index contributed by atoms with van der Waals surface area (Å²) in [6.45, 7) is 2.79. The van der Waals surface area contributed by atoms with Crippen molar-refractivity contribution in [1.29, 1.82) is 0 Å². The lowest BCUT2D eigenvalue weighted by Gasteiger charge is -2.31. The minimum Gasteiger partial charge on any atom is -0.383 e. The maximum atomic E-state index is 14.7. The third-order valence-electron chi connectivity index (χ3n) is 6.14. The zero-order valence-corrected chi connectivity index (χ0v) is 20.1. The number of benzene rings is 1. The Morgan fingerprint density at radius 2 is 2.09 bits per heavy atom. The van der Waals surface area contributed by atoms with Gasteiger partial charge >= 0.3 is 0 Å². The lowest BCUT2D eigenvalue weighted by atomic mass is 9.85. The first-order valence-electron chi connectivity index (χ1n) is 11.0. The summed E-state index contributed by atoms with van der Waals surface area (Å²) in [7, 11) is -4.11. The molecule has 1 aromatic carbocycles. The SMILES string of the molecule is O=S(=O)(Nc1nccs1)c1cc(Cl)c(NC[C@@H]2CCC[C@H](NCC3CCCN3)C2)cc1F. The summed E-state index contributed by atoms with van der Waals surface area (Å²) in [5.74, 6) is -0.403. The number of halogens is 2. The summed E-state index contributed by atoms with van der Waals surface area (Å²) in [5.41, 5.74) is 0.405. The number of thiazole rings is 1. The molecule has 11 heteroatoms. The van der Waals surface area contributed by atoms with Gasteiger partial charge in [-0.1, -0.05) is 18.0 Å². The molecular weight excluding hydrogens is 473 g/mol. The second kappa shape index (κ2) is 10.6. The number of aromatic nitrogens is 1. The number of sulfonamides is 1. The second-order valence-electron chi connectivity index (χ2n) is 8.52. The van der Waals surface area contributed by atoms with Crippen LogP contribution in [0, 0.1) is 11.7 Å². The third kappa shape index (κ3) is 6.11. The molecule has 0 spiro atoms. The molecule has 1 unspecified atom stereocenters. The smallest absolute Gasteiger partial charge is 0.266 e. The molecule has 1 aromatic heterocycles. The van der Waals surface area contributed by atoms with Crippen LogP contribution in [0.15, 0.2) is 28.6 Å². The standard InChI is InChI=1S/C21H29ClFN5O2S2/c22-17-10-20(32(29,30)28-21-25-7-8-31-21)18(23)11-19(17)27-12-14-3-1-4-15(9-14)26-13-16-5-2-6-24-16/h7-8,10-11,14-16,24,26-27H,1-6,9,12-13H2,(H,25,28)/t14-,15+,16?/m1/s1. The van der Waals surface area contributed by atoms with Crippen LogP contribution in [-0.4, -0.2) is 45.1 Å². The molecule has 4 rings (SSSR count). The molecule has 2 aromatic rings. The maximum Gasteiger partial charge on any atom is 0.266 e. The molecule has 2 heterocycles. The van der Waals surface area contributed by atoms with Crippen molar-refractivity contribution in [1.82, 2.24) is 15.6 Å². The summed E-state index contributed by atoms with van der Waals surface area (Å²) >= 11 is 7.42. The van der Waals surface area contributed by atoms with Crippen LogP contribution in [0.3, 0.4) is 0 Å². The minimum atomic E-state index is -4.11. The summed E-state index contributed by atoms with van der Waals surface area (Å²) in [5, 5.41) is 12.4. The van der Waals surface area contributed by atoms with Crippen molar-refractivity contribution in [3.8, 4) is 0 Å². The molecule has 7 nitrogen and oxygen atoms in total. The van der Waals surface area contributed by atoms with E-state index in [9.17, 15) is 12.8 Å². The van der Waals surface area contributed by atoms with E-state index in [0.29, 0.717) is 30.2 Å². The van der Waals surface area contributed by atoms with Crippen LogP contribution in [-0.2, 0) is 10.0 Å². The third-order valence-corrected chi connectivity index (χ3v) is 8.63. The fourth-order valence-corrected chi connectivity index (χ4v) is 6.64. The van der Waals surface area contributed by atoms with Gasteiger partial charge in [0, 0.05) is 36.8 Å². The number of nitrogens with zero attached hydrogens (tertiary/aromatic N) is 1. The number of rotatable bonds is 9. The lowest BCUT2D eigenvalue weighted by molar-refractivity contribution is 0.289. The lowest BCUT2D eigenvalue weighted by Crippen LogP contribution is -2.42.